The minimum atomic E-state index is -0.936. The van der Waals surface area contributed by atoms with Crippen LogP contribution in [0.15, 0.2) is 17.8 Å². The standard InChI is InChI=1S/C14H17N3O4S/c18-12(6-9-8-17-4-5-22-14(17)16-9)15-7-10-2-1-3-11(21-10)13(19)20/h4-5,8,10-11H,1-3,6-7H2,(H,15,18)(H,19,20)/t10-,11+/m1/s1. The molecule has 1 amide bonds. The number of carbonyl (C=O) groups excluding carboxylic acids is 1. The Balaban J connectivity index is 1.47. The van der Waals surface area contributed by atoms with Crippen LogP contribution in [0, 0.1) is 0 Å². The number of carbonyl (C=O) groups is 2. The molecule has 2 N–H and O–H groups in total. The van der Waals surface area contributed by atoms with E-state index < -0.39 is 12.1 Å². The van der Waals surface area contributed by atoms with Crippen LogP contribution in [-0.4, -0.2) is 45.1 Å². The Bertz CT molecular complexity index is 652. The second-order valence-electron chi connectivity index (χ2n) is 5.32. The lowest BCUT2D eigenvalue weighted by molar-refractivity contribution is -0.158. The quantitative estimate of drug-likeness (QED) is 0.859. The van der Waals surface area contributed by atoms with Gasteiger partial charge in [-0.25, -0.2) is 9.78 Å². The van der Waals surface area contributed by atoms with Crippen LogP contribution in [0.3, 0.4) is 0 Å². The molecular weight excluding hydrogens is 306 g/mol. The van der Waals surface area contributed by atoms with Crippen molar-refractivity contribution in [2.24, 2.45) is 0 Å². The van der Waals surface area contributed by atoms with Gasteiger partial charge in [-0.2, -0.15) is 0 Å². The molecular formula is C14H17N3O4S. The fraction of sp³-hybridized carbons (Fsp3) is 0.500. The largest absolute Gasteiger partial charge is 0.479 e. The van der Waals surface area contributed by atoms with Crippen LogP contribution in [0.4, 0.5) is 0 Å². The first-order valence-corrected chi connectivity index (χ1v) is 8.06. The molecule has 8 heteroatoms. The number of thiazole rings is 1. The zero-order chi connectivity index (χ0) is 15.5. The zero-order valence-corrected chi connectivity index (χ0v) is 12.7. The lowest BCUT2D eigenvalue weighted by Gasteiger charge is -2.27. The van der Waals surface area contributed by atoms with Gasteiger partial charge in [-0.05, 0) is 19.3 Å². The Morgan fingerprint density at radius 1 is 1.50 bits per heavy atom. The average molecular weight is 323 g/mol. The molecule has 7 nitrogen and oxygen atoms in total. The summed E-state index contributed by atoms with van der Waals surface area (Å²) in [5.41, 5.74) is 0.720. The van der Waals surface area contributed by atoms with Crippen LogP contribution in [0.1, 0.15) is 25.0 Å². The van der Waals surface area contributed by atoms with Crippen LogP contribution in [0.2, 0.25) is 0 Å². The van der Waals surface area contributed by atoms with Crippen LogP contribution in [0.25, 0.3) is 4.96 Å². The summed E-state index contributed by atoms with van der Waals surface area (Å²) in [7, 11) is 0. The van der Waals surface area contributed by atoms with Crippen LogP contribution in [-0.2, 0) is 20.7 Å². The average Bonchev–Trinajstić information content (AvgIpc) is 3.06. The predicted octanol–water partition coefficient (Wildman–Crippen LogP) is 1.08. The van der Waals surface area contributed by atoms with Crippen molar-refractivity contribution in [3.63, 3.8) is 0 Å². The molecule has 118 valence electrons. The highest BCUT2D eigenvalue weighted by molar-refractivity contribution is 7.15. The van der Waals surface area contributed by atoms with Crippen molar-refractivity contribution in [2.75, 3.05) is 6.54 Å². The number of carboxylic acids is 1. The summed E-state index contributed by atoms with van der Waals surface area (Å²) < 4.78 is 7.34. The third-order valence-electron chi connectivity index (χ3n) is 3.64. The molecule has 0 saturated carbocycles. The van der Waals surface area contributed by atoms with Gasteiger partial charge in [0.2, 0.25) is 5.91 Å². The predicted molar refractivity (Wildman–Crippen MR) is 79.9 cm³/mol. The van der Waals surface area contributed by atoms with Gasteiger partial charge in [-0.3, -0.25) is 9.20 Å². The minimum Gasteiger partial charge on any atom is -0.479 e. The second kappa shape index (κ2) is 6.45. The van der Waals surface area contributed by atoms with Gasteiger partial charge >= 0.3 is 5.97 Å². The molecule has 0 spiro atoms. The van der Waals surface area contributed by atoms with Gasteiger partial charge in [0.15, 0.2) is 11.1 Å². The van der Waals surface area contributed by atoms with Crippen molar-refractivity contribution < 1.29 is 19.4 Å². The highest BCUT2D eigenvalue weighted by Crippen LogP contribution is 2.18. The maximum atomic E-state index is 11.9. The molecule has 3 heterocycles. The summed E-state index contributed by atoms with van der Waals surface area (Å²) in [5, 5.41) is 13.7. The summed E-state index contributed by atoms with van der Waals surface area (Å²) in [6.45, 7) is 0.338. The highest BCUT2D eigenvalue weighted by Gasteiger charge is 2.27. The maximum absolute atomic E-state index is 11.9. The Kier molecular flexibility index (Phi) is 4.39. The monoisotopic (exact) mass is 323 g/mol. The Labute approximate surface area is 130 Å². The molecule has 1 aliphatic heterocycles. The zero-order valence-electron chi connectivity index (χ0n) is 11.9. The number of carboxylic acid groups (broad SMARTS) is 1. The third kappa shape index (κ3) is 3.45. The van der Waals surface area contributed by atoms with E-state index in [1.807, 2.05) is 22.2 Å². The summed E-state index contributed by atoms with van der Waals surface area (Å²) in [5.74, 6) is -1.07. The summed E-state index contributed by atoms with van der Waals surface area (Å²) in [4.78, 5) is 28.1. The van der Waals surface area contributed by atoms with Gasteiger partial charge in [0.1, 0.15) is 0 Å². The molecule has 2 atom stereocenters. The molecule has 0 aliphatic carbocycles. The van der Waals surface area contributed by atoms with Gasteiger partial charge in [-0.15, -0.1) is 11.3 Å². The first-order chi connectivity index (χ1) is 10.6. The molecule has 0 bridgehead atoms. The Hall–Kier alpha value is -1.93. The van der Waals surface area contributed by atoms with E-state index in [2.05, 4.69) is 10.3 Å². The summed E-state index contributed by atoms with van der Waals surface area (Å²) >= 11 is 1.52. The van der Waals surface area contributed by atoms with Crippen molar-refractivity contribution in [3.8, 4) is 0 Å². The number of ether oxygens (including phenoxy) is 1. The van der Waals surface area contributed by atoms with Gasteiger partial charge in [-0.1, -0.05) is 0 Å². The van der Waals surface area contributed by atoms with E-state index in [4.69, 9.17) is 9.84 Å². The number of fused-ring (bicyclic) bond motifs is 1. The summed E-state index contributed by atoms with van der Waals surface area (Å²) in [6.07, 6.45) is 5.06. The molecule has 2 aromatic rings. The number of amides is 1. The van der Waals surface area contributed by atoms with Gasteiger partial charge < -0.3 is 15.2 Å². The molecule has 0 unspecified atom stereocenters. The van der Waals surface area contributed by atoms with E-state index >= 15 is 0 Å². The van der Waals surface area contributed by atoms with Gasteiger partial charge in [0.05, 0.1) is 18.2 Å². The molecule has 1 aliphatic rings. The molecule has 3 rings (SSSR count). The number of hydrogen-bond acceptors (Lipinski definition) is 5. The van der Waals surface area contributed by atoms with Crippen molar-refractivity contribution in [3.05, 3.63) is 23.5 Å². The molecule has 0 radical (unpaired) electrons. The first kappa shape index (κ1) is 15.0. The van der Waals surface area contributed by atoms with Crippen LogP contribution in [0.5, 0.6) is 0 Å². The topological polar surface area (TPSA) is 92.9 Å². The molecule has 1 saturated heterocycles. The second-order valence-corrected chi connectivity index (χ2v) is 6.19. The SMILES string of the molecule is O=C(Cc1cn2ccsc2n1)NC[C@H]1CCC[C@@H](C(=O)O)O1. The van der Waals surface area contributed by atoms with Crippen molar-refractivity contribution >= 4 is 28.2 Å². The highest BCUT2D eigenvalue weighted by atomic mass is 32.1. The van der Waals surface area contributed by atoms with Crippen LogP contribution < -0.4 is 5.32 Å². The fourth-order valence-corrected chi connectivity index (χ4v) is 3.27. The van der Waals surface area contributed by atoms with E-state index in [1.165, 1.54) is 11.3 Å². The molecule has 1 fully saturated rings. The fourth-order valence-electron chi connectivity index (χ4n) is 2.55. The summed E-state index contributed by atoms with van der Waals surface area (Å²) in [6, 6.07) is 0. The number of imidazole rings is 1. The number of nitrogens with zero attached hydrogens (tertiary/aromatic N) is 2. The molecule has 2 aromatic heterocycles. The van der Waals surface area contributed by atoms with Crippen molar-refractivity contribution in [2.45, 2.75) is 37.9 Å². The van der Waals surface area contributed by atoms with E-state index in [9.17, 15) is 9.59 Å². The number of aromatic nitrogens is 2. The van der Waals surface area contributed by atoms with Crippen molar-refractivity contribution in [1.82, 2.24) is 14.7 Å². The van der Waals surface area contributed by atoms with E-state index in [-0.39, 0.29) is 18.4 Å². The number of rotatable bonds is 5. The number of hydrogen-bond donors (Lipinski definition) is 2. The lowest BCUT2D eigenvalue weighted by Crippen LogP contribution is -2.41. The molecule has 0 aromatic carbocycles. The third-order valence-corrected chi connectivity index (χ3v) is 4.41. The smallest absolute Gasteiger partial charge is 0.332 e. The molecule has 22 heavy (non-hydrogen) atoms. The lowest BCUT2D eigenvalue weighted by atomic mass is 10.0. The maximum Gasteiger partial charge on any atom is 0.332 e. The first-order valence-electron chi connectivity index (χ1n) is 7.18. The van der Waals surface area contributed by atoms with Crippen LogP contribution >= 0.6 is 11.3 Å². The minimum absolute atomic E-state index is 0.133. The van der Waals surface area contributed by atoms with E-state index in [0.29, 0.717) is 13.0 Å². The van der Waals surface area contributed by atoms with Gasteiger partial charge in [0, 0.05) is 24.3 Å². The van der Waals surface area contributed by atoms with Gasteiger partial charge in [0.25, 0.3) is 0 Å². The van der Waals surface area contributed by atoms with E-state index in [0.717, 1.165) is 23.5 Å². The Morgan fingerprint density at radius 2 is 2.36 bits per heavy atom. The Morgan fingerprint density at radius 3 is 3.14 bits per heavy atom. The van der Waals surface area contributed by atoms with E-state index in [1.54, 1.807) is 0 Å². The number of aliphatic carboxylic acids is 1. The number of nitrogens with one attached hydrogen (secondary N) is 1. The van der Waals surface area contributed by atoms with Crippen molar-refractivity contribution in [1.29, 1.82) is 0 Å². The normalized spacial score (nSPS) is 21.8.